The zero-order chi connectivity index (χ0) is 21.4. The maximum Gasteiger partial charge on any atom is 0.259 e. The van der Waals surface area contributed by atoms with E-state index in [4.69, 9.17) is 0 Å². The van der Waals surface area contributed by atoms with Crippen LogP contribution in [0.5, 0.6) is 0 Å². The van der Waals surface area contributed by atoms with Gasteiger partial charge in [0.05, 0.1) is 0 Å². The van der Waals surface area contributed by atoms with Crippen LogP contribution >= 0.6 is 7.37 Å². The number of benzene rings is 3. The molecule has 0 aliphatic heterocycles. The van der Waals surface area contributed by atoms with E-state index in [1.807, 2.05) is 54.6 Å². The quantitative estimate of drug-likeness (QED) is 0.528. The second-order valence-electron chi connectivity index (χ2n) is 9.72. The highest BCUT2D eigenvalue weighted by Gasteiger charge is 2.32. The summed E-state index contributed by atoms with van der Waals surface area (Å²) in [6.07, 6.45) is 0. The van der Waals surface area contributed by atoms with Crippen LogP contribution in [0, 0.1) is 0 Å². The fourth-order valence-corrected chi connectivity index (χ4v) is 5.33. The van der Waals surface area contributed by atoms with Crippen LogP contribution in [0.25, 0.3) is 11.1 Å². The molecule has 2 nitrogen and oxygen atoms in total. The van der Waals surface area contributed by atoms with E-state index in [2.05, 4.69) is 47.6 Å². The molecule has 1 N–H and O–H groups in total. The van der Waals surface area contributed by atoms with Crippen molar-refractivity contribution in [3.8, 4) is 11.1 Å². The van der Waals surface area contributed by atoms with Gasteiger partial charge in [0.15, 0.2) is 0 Å². The van der Waals surface area contributed by atoms with Gasteiger partial charge in [0, 0.05) is 10.6 Å². The summed E-state index contributed by atoms with van der Waals surface area (Å²) in [5.41, 5.74) is 3.98. The van der Waals surface area contributed by atoms with Crippen molar-refractivity contribution in [3.05, 3.63) is 83.9 Å². The standard InChI is InChI=1S/C26H31O2P/c1-25(2,3)21-14-17-24(23(18-21)26(4,5)6)29(27,28)22-15-12-20(13-16-22)19-10-8-7-9-11-19/h7-18H,1-6H3,(H,27,28). The summed E-state index contributed by atoms with van der Waals surface area (Å²) in [6.45, 7) is 12.8. The molecule has 0 radical (unpaired) electrons. The lowest BCUT2D eigenvalue weighted by Crippen LogP contribution is -2.28. The lowest BCUT2D eigenvalue weighted by atomic mass is 9.81. The van der Waals surface area contributed by atoms with Crippen molar-refractivity contribution in [1.29, 1.82) is 0 Å². The van der Waals surface area contributed by atoms with Gasteiger partial charge in [-0.25, -0.2) is 0 Å². The summed E-state index contributed by atoms with van der Waals surface area (Å²) in [5, 5.41) is 0.997. The molecule has 0 amide bonds. The van der Waals surface area contributed by atoms with E-state index in [0.717, 1.165) is 16.7 Å². The molecule has 0 saturated heterocycles. The lowest BCUT2D eigenvalue weighted by Gasteiger charge is -2.29. The molecule has 0 bridgehead atoms. The first kappa shape index (κ1) is 21.6. The van der Waals surface area contributed by atoms with Crippen molar-refractivity contribution >= 4 is 18.0 Å². The van der Waals surface area contributed by atoms with Gasteiger partial charge in [0.25, 0.3) is 7.37 Å². The van der Waals surface area contributed by atoms with E-state index < -0.39 is 7.37 Å². The molecule has 29 heavy (non-hydrogen) atoms. The molecule has 1 atom stereocenters. The highest BCUT2D eigenvalue weighted by Crippen LogP contribution is 2.43. The van der Waals surface area contributed by atoms with E-state index in [1.54, 1.807) is 12.1 Å². The van der Waals surface area contributed by atoms with Gasteiger partial charge < -0.3 is 4.89 Å². The predicted octanol–water partition coefficient (Wildman–Crippen LogP) is 6.17. The minimum atomic E-state index is -3.71. The summed E-state index contributed by atoms with van der Waals surface area (Å²) in [6, 6.07) is 23.4. The molecule has 0 aliphatic carbocycles. The highest BCUT2D eigenvalue weighted by molar-refractivity contribution is 7.73. The molecule has 3 aromatic rings. The summed E-state index contributed by atoms with van der Waals surface area (Å²) < 4.78 is 13.6. The maximum absolute atomic E-state index is 13.6. The van der Waals surface area contributed by atoms with Gasteiger partial charge >= 0.3 is 0 Å². The van der Waals surface area contributed by atoms with Crippen molar-refractivity contribution in [2.24, 2.45) is 0 Å². The second-order valence-corrected chi connectivity index (χ2v) is 11.9. The fourth-order valence-electron chi connectivity index (χ4n) is 3.49. The van der Waals surface area contributed by atoms with Gasteiger partial charge in [-0.2, -0.15) is 0 Å². The van der Waals surface area contributed by atoms with Crippen molar-refractivity contribution < 1.29 is 9.46 Å². The Kier molecular flexibility index (Phi) is 5.64. The lowest BCUT2D eigenvalue weighted by molar-refractivity contribution is 0.498. The molecule has 152 valence electrons. The van der Waals surface area contributed by atoms with E-state index in [-0.39, 0.29) is 10.8 Å². The molecular formula is C26H31O2P. The molecule has 3 heteroatoms. The number of hydrogen-bond donors (Lipinski definition) is 1. The normalized spacial score (nSPS) is 14.4. The van der Waals surface area contributed by atoms with Crippen molar-refractivity contribution in [3.63, 3.8) is 0 Å². The molecule has 0 heterocycles. The molecule has 1 unspecified atom stereocenters. The second kappa shape index (κ2) is 7.59. The molecule has 0 saturated carbocycles. The summed E-state index contributed by atoms with van der Waals surface area (Å²) in [7, 11) is -3.71. The molecule has 3 aromatic carbocycles. The smallest absolute Gasteiger partial charge is 0.259 e. The van der Waals surface area contributed by atoms with E-state index >= 15 is 0 Å². The Morgan fingerprint density at radius 3 is 1.76 bits per heavy atom. The fraction of sp³-hybridized carbons (Fsp3) is 0.308. The Morgan fingerprint density at radius 1 is 0.690 bits per heavy atom. The zero-order valence-corrected chi connectivity index (χ0v) is 19.1. The molecule has 0 aromatic heterocycles. The van der Waals surface area contributed by atoms with Gasteiger partial charge in [-0.15, -0.1) is 0 Å². The Morgan fingerprint density at radius 2 is 1.24 bits per heavy atom. The molecule has 3 rings (SSSR count). The van der Waals surface area contributed by atoms with Crippen molar-refractivity contribution in [2.45, 2.75) is 52.4 Å². The summed E-state index contributed by atoms with van der Waals surface area (Å²) in [5.74, 6) is 0. The van der Waals surface area contributed by atoms with E-state index in [1.165, 1.54) is 5.56 Å². The first-order chi connectivity index (χ1) is 13.4. The number of hydrogen-bond acceptors (Lipinski definition) is 1. The van der Waals surface area contributed by atoms with Crippen LogP contribution in [-0.2, 0) is 15.4 Å². The third-order valence-corrected chi connectivity index (χ3v) is 7.36. The van der Waals surface area contributed by atoms with Crippen LogP contribution in [0.3, 0.4) is 0 Å². The first-order valence-corrected chi connectivity index (χ1v) is 11.7. The maximum atomic E-state index is 13.6. The third-order valence-electron chi connectivity index (χ3n) is 5.32. The van der Waals surface area contributed by atoms with Crippen LogP contribution in [0.1, 0.15) is 52.7 Å². The average molecular weight is 407 g/mol. The molecule has 0 fully saturated rings. The van der Waals surface area contributed by atoms with Crippen LogP contribution in [0.2, 0.25) is 0 Å². The average Bonchev–Trinajstić information content (AvgIpc) is 2.67. The largest absolute Gasteiger partial charge is 0.338 e. The first-order valence-electron chi connectivity index (χ1n) is 10.0. The molecule has 0 spiro atoms. The topological polar surface area (TPSA) is 37.3 Å². The Labute approximate surface area is 175 Å². The van der Waals surface area contributed by atoms with Crippen LogP contribution in [-0.4, -0.2) is 4.89 Å². The van der Waals surface area contributed by atoms with Crippen molar-refractivity contribution in [1.82, 2.24) is 0 Å². The highest BCUT2D eigenvalue weighted by atomic mass is 31.2. The SMILES string of the molecule is CC(C)(C)c1ccc(P(=O)(O)c2ccc(-c3ccccc3)cc2)c(C(C)(C)C)c1. The van der Waals surface area contributed by atoms with Crippen molar-refractivity contribution in [2.75, 3.05) is 0 Å². The summed E-state index contributed by atoms with van der Waals surface area (Å²) in [4.78, 5) is 11.2. The van der Waals surface area contributed by atoms with Gasteiger partial charge in [-0.05, 0) is 51.3 Å². The van der Waals surface area contributed by atoms with Crippen LogP contribution in [0.4, 0.5) is 0 Å². The Hall–Kier alpha value is -2.15. The van der Waals surface area contributed by atoms with Gasteiger partial charge in [-0.3, -0.25) is 4.57 Å². The molecule has 0 aliphatic rings. The third kappa shape index (κ3) is 4.55. The predicted molar refractivity (Wildman–Crippen MR) is 125 cm³/mol. The van der Waals surface area contributed by atoms with Gasteiger partial charge in [-0.1, -0.05) is 96.1 Å². The van der Waals surface area contributed by atoms with E-state index in [0.29, 0.717) is 10.6 Å². The minimum absolute atomic E-state index is 0.0185. The monoisotopic (exact) mass is 406 g/mol. The molecular weight excluding hydrogens is 375 g/mol. The van der Waals surface area contributed by atoms with Gasteiger partial charge in [0.1, 0.15) is 0 Å². The summed E-state index contributed by atoms with van der Waals surface area (Å²) >= 11 is 0. The zero-order valence-electron chi connectivity index (χ0n) is 18.2. The van der Waals surface area contributed by atoms with Crippen LogP contribution < -0.4 is 10.6 Å². The minimum Gasteiger partial charge on any atom is -0.338 e. The van der Waals surface area contributed by atoms with Gasteiger partial charge in [0.2, 0.25) is 0 Å². The Bertz CT molecular complexity index is 1040. The Balaban J connectivity index is 2.08. The van der Waals surface area contributed by atoms with Crippen LogP contribution in [0.15, 0.2) is 72.8 Å². The van der Waals surface area contributed by atoms with E-state index in [9.17, 15) is 9.46 Å². The number of rotatable bonds is 3.